The second-order valence-corrected chi connectivity index (χ2v) is 12.8. The molecule has 0 saturated carbocycles. The molecule has 36 heavy (non-hydrogen) atoms. The Labute approximate surface area is 221 Å². The van der Waals surface area contributed by atoms with E-state index in [-0.39, 0.29) is 12.1 Å². The van der Waals surface area contributed by atoms with E-state index in [9.17, 15) is 4.79 Å². The van der Waals surface area contributed by atoms with Crippen LogP contribution in [-0.2, 0) is 22.6 Å². The van der Waals surface area contributed by atoms with Crippen LogP contribution < -0.4 is 0 Å². The van der Waals surface area contributed by atoms with Gasteiger partial charge in [-0.25, -0.2) is 9.78 Å². The fourth-order valence-electron chi connectivity index (χ4n) is 4.95. The second-order valence-electron chi connectivity index (χ2n) is 12.8. The Morgan fingerprint density at radius 3 is 2.17 bits per heavy atom. The molecule has 1 aliphatic heterocycles. The van der Waals surface area contributed by atoms with Gasteiger partial charge in [-0.15, -0.1) is 0 Å². The smallest absolute Gasteiger partial charge is 0.410 e. The summed E-state index contributed by atoms with van der Waals surface area (Å²) < 4.78 is 13.9. The minimum absolute atomic E-state index is 0.0442. The zero-order valence-corrected chi connectivity index (χ0v) is 24.5. The van der Waals surface area contributed by atoms with Crippen LogP contribution in [0.15, 0.2) is 6.20 Å². The average Bonchev–Trinajstić information content (AvgIpc) is 3.41. The van der Waals surface area contributed by atoms with Crippen LogP contribution in [0.4, 0.5) is 4.79 Å². The highest BCUT2D eigenvalue weighted by atomic mass is 16.6. The van der Waals surface area contributed by atoms with Gasteiger partial charge >= 0.3 is 6.09 Å². The number of hydrogen-bond donors (Lipinski definition) is 0. The quantitative estimate of drug-likeness (QED) is 0.224. The number of carbonyl (C=O) groups excluding carboxylic acids is 1. The van der Waals surface area contributed by atoms with Crippen molar-refractivity contribution in [1.82, 2.24) is 14.5 Å². The van der Waals surface area contributed by atoms with E-state index in [2.05, 4.69) is 32.3 Å². The van der Waals surface area contributed by atoms with Crippen LogP contribution in [0.5, 0.6) is 0 Å². The van der Waals surface area contributed by atoms with Gasteiger partial charge in [-0.3, -0.25) is 4.90 Å². The van der Waals surface area contributed by atoms with Crippen molar-refractivity contribution in [3.05, 3.63) is 17.7 Å². The molecule has 2 heterocycles. The number of ether oxygens (including phenoxy) is 2. The lowest BCUT2D eigenvalue weighted by atomic mass is 9.89. The molecule has 0 N–H and O–H groups in total. The summed E-state index contributed by atoms with van der Waals surface area (Å²) in [7, 11) is 0. The van der Waals surface area contributed by atoms with Gasteiger partial charge in [0.1, 0.15) is 18.2 Å². The highest BCUT2D eigenvalue weighted by Crippen LogP contribution is 2.33. The number of likely N-dealkylation sites (tertiary alicyclic amines) is 1. The van der Waals surface area contributed by atoms with Gasteiger partial charge in [0.15, 0.2) is 0 Å². The second kappa shape index (κ2) is 15.0. The van der Waals surface area contributed by atoms with Crippen LogP contribution in [0, 0.1) is 5.41 Å². The first-order chi connectivity index (χ1) is 17.0. The van der Waals surface area contributed by atoms with Gasteiger partial charge in [-0.1, -0.05) is 79.1 Å². The van der Waals surface area contributed by atoms with Gasteiger partial charge in [-0.2, -0.15) is 0 Å². The lowest BCUT2D eigenvalue weighted by Gasteiger charge is -2.28. The normalized spacial score (nSPS) is 16.6. The van der Waals surface area contributed by atoms with Crippen molar-refractivity contribution >= 4 is 6.09 Å². The highest BCUT2D eigenvalue weighted by molar-refractivity contribution is 5.69. The fraction of sp³-hybridized carbons (Fsp3) is 0.867. The van der Waals surface area contributed by atoms with Crippen molar-refractivity contribution < 1.29 is 14.3 Å². The molecule has 1 aliphatic rings. The minimum atomic E-state index is -0.497. The fourth-order valence-corrected chi connectivity index (χ4v) is 4.95. The topological polar surface area (TPSA) is 56.6 Å². The van der Waals surface area contributed by atoms with E-state index in [0.29, 0.717) is 18.7 Å². The Hall–Kier alpha value is -1.56. The van der Waals surface area contributed by atoms with E-state index >= 15 is 0 Å². The Balaban J connectivity index is 1.67. The predicted octanol–water partition coefficient (Wildman–Crippen LogP) is 8.44. The molecule has 1 aromatic heterocycles. The van der Waals surface area contributed by atoms with Crippen LogP contribution in [0.3, 0.4) is 0 Å². The number of unbranched alkanes of at least 4 members (excludes halogenated alkanes) is 8. The van der Waals surface area contributed by atoms with Crippen molar-refractivity contribution in [3.8, 4) is 0 Å². The first-order valence-electron chi connectivity index (χ1n) is 14.6. The highest BCUT2D eigenvalue weighted by Gasteiger charge is 2.36. The van der Waals surface area contributed by atoms with Gasteiger partial charge in [-0.05, 0) is 58.3 Å². The summed E-state index contributed by atoms with van der Waals surface area (Å²) in [6.07, 6.45) is 17.7. The molecule has 1 saturated heterocycles. The summed E-state index contributed by atoms with van der Waals surface area (Å²) in [6, 6.07) is -0.0442. The van der Waals surface area contributed by atoms with Crippen molar-refractivity contribution in [2.75, 3.05) is 13.2 Å². The molecular weight excluding hydrogens is 450 g/mol. The minimum Gasteiger partial charge on any atom is -0.444 e. The molecule has 1 amide bonds. The van der Waals surface area contributed by atoms with Gasteiger partial charge in [0.05, 0.1) is 6.04 Å². The summed E-state index contributed by atoms with van der Waals surface area (Å²) in [5.74, 6) is 0.928. The van der Waals surface area contributed by atoms with Crippen LogP contribution in [-0.4, -0.2) is 39.3 Å². The van der Waals surface area contributed by atoms with Gasteiger partial charge in [0.2, 0.25) is 0 Å². The van der Waals surface area contributed by atoms with Crippen molar-refractivity contribution in [2.45, 2.75) is 150 Å². The third kappa shape index (κ3) is 11.2. The molecule has 0 spiro atoms. The third-order valence-corrected chi connectivity index (χ3v) is 6.95. The lowest BCUT2D eigenvalue weighted by molar-refractivity contribution is 0.0200. The van der Waals surface area contributed by atoms with E-state index in [1.54, 1.807) is 0 Å². The van der Waals surface area contributed by atoms with E-state index in [1.807, 2.05) is 31.9 Å². The Bertz CT molecular complexity index is 760. The SMILES string of the molecule is CCc1cnc(C2CCCN2C(=O)OC(C)(C)C)n1COCCCCCCCCCCCC(C)(C)C. The summed E-state index contributed by atoms with van der Waals surface area (Å²) in [5, 5.41) is 0. The first kappa shape index (κ1) is 30.7. The number of rotatable bonds is 15. The van der Waals surface area contributed by atoms with E-state index in [0.717, 1.165) is 43.8 Å². The number of carbonyl (C=O) groups is 1. The van der Waals surface area contributed by atoms with Crippen LogP contribution in [0.25, 0.3) is 0 Å². The molecule has 6 heteroatoms. The molecule has 208 valence electrons. The van der Waals surface area contributed by atoms with E-state index in [4.69, 9.17) is 14.5 Å². The molecule has 1 atom stereocenters. The molecule has 0 aliphatic carbocycles. The molecule has 1 aromatic rings. The number of hydrogen-bond acceptors (Lipinski definition) is 4. The molecule has 1 unspecified atom stereocenters. The molecule has 0 radical (unpaired) electrons. The number of aromatic nitrogens is 2. The average molecular weight is 506 g/mol. The Kier molecular flexibility index (Phi) is 12.8. The largest absolute Gasteiger partial charge is 0.444 e. The summed E-state index contributed by atoms with van der Waals surface area (Å²) >= 11 is 0. The third-order valence-electron chi connectivity index (χ3n) is 6.95. The number of amides is 1. The molecule has 6 nitrogen and oxygen atoms in total. The number of aryl methyl sites for hydroxylation is 1. The molecule has 0 bridgehead atoms. The zero-order chi connectivity index (χ0) is 26.6. The maximum atomic E-state index is 12.8. The van der Waals surface area contributed by atoms with Crippen LogP contribution in [0.2, 0.25) is 0 Å². The van der Waals surface area contributed by atoms with Crippen molar-refractivity contribution in [1.29, 1.82) is 0 Å². The van der Waals surface area contributed by atoms with E-state index in [1.165, 1.54) is 57.8 Å². The summed E-state index contributed by atoms with van der Waals surface area (Å²) in [4.78, 5) is 19.3. The summed E-state index contributed by atoms with van der Waals surface area (Å²) in [6.45, 7) is 16.9. The van der Waals surface area contributed by atoms with Gasteiger partial charge < -0.3 is 14.0 Å². The van der Waals surface area contributed by atoms with Crippen molar-refractivity contribution in [2.24, 2.45) is 5.41 Å². The summed E-state index contributed by atoms with van der Waals surface area (Å²) in [5.41, 5.74) is 1.14. The Morgan fingerprint density at radius 1 is 0.972 bits per heavy atom. The maximum Gasteiger partial charge on any atom is 0.410 e. The van der Waals surface area contributed by atoms with E-state index < -0.39 is 5.60 Å². The number of nitrogens with zero attached hydrogens (tertiary/aromatic N) is 3. The monoisotopic (exact) mass is 505 g/mol. The standard InChI is InChI=1S/C30H55N3O3/c1-8-25-23-31-27(26-19-18-21-32(26)28(34)36-30(5,6)7)33(25)24-35-22-17-15-13-11-9-10-12-14-16-20-29(2,3)4/h23,26H,8-22,24H2,1-7H3. The zero-order valence-electron chi connectivity index (χ0n) is 24.5. The molecule has 1 fully saturated rings. The predicted molar refractivity (Wildman–Crippen MR) is 148 cm³/mol. The molecular formula is C30H55N3O3. The number of imidazole rings is 1. The van der Waals surface area contributed by atoms with Gasteiger partial charge in [0, 0.05) is 25.0 Å². The van der Waals surface area contributed by atoms with Crippen LogP contribution in [0.1, 0.15) is 143 Å². The van der Waals surface area contributed by atoms with Crippen molar-refractivity contribution in [3.63, 3.8) is 0 Å². The lowest BCUT2D eigenvalue weighted by Crippen LogP contribution is -2.37. The maximum absolute atomic E-state index is 12.8. The van der Waals surface area contributed by atoms with Gasteiger partial charge in [0.25, 0.3) is 0 Å². The molecule has 2 rings (SSSR count). The molecule has 0 aromatic carbocycles. The first-order valence-corrected chi connectivity index (χ1v) is 14.6. The Morgan fingerprint density at radius 2 is 1.58 bits per heavy atom. The van der Waals surface area contributed by atoms with Crippen LogP contribution >= 0.6 is 0 Å².